The molecule has 0 saturated carbocycles. The zero-order valence-corrected chi connectivity index (χ0v) is 13.4. The van der Waals surface area contributed by atoms with Crippen molar-refractivity contribution in [1.29, 1.82) is 0 Å². The maximum Gasteiger partial charge on any atom is 0.292 e. The molecule has 5 nitrogen and oxygen atoms in total. The minimum absolute atomic E-state index is 0.00880. The molecule has 23 heavy (non-hydrogen) atoms. The summed E-state index contributed by atoms with van der Waals surface area (Å²) < 4.78 is 0. The first-order chi connectivity index (χ1) is 11.1. The van der Waals surface area contributed by atoms with E-state index in [9.17, 15) is 10.1 Å². The Hall–Kier alpha value is -2.27. The molecule has 0 unspecified atom stereocenters. The molecular formula is C17H18ClN3O2. The topological polar surface area (TPSA) is 58.4 Å². The van der Waals surface area contributed by atoms with Gasteiger partial charge in [-0.15, -0.1) is 0 Å². The highest BCUT2D eigenvalue weighted by atomic mass is 35.5. The number of nitro groups is 1. The Kier molecular flexibility index (Phi) is 4.67. The largest absolute Gasteiger partial charge is 0.372 e. The zero-order valence-electron chi connectivity index (χ0n) is 12.7. The third-order valence-electron chi connectivity index (χ3n) is 4.02. The van der Waals surface area contributed by atoms with E-state index in [2.05, 4.69) is 10.2 Å². The lowest BCUT2D eigenvalue weighted by Gasteiger charge is -2.28. The van der Waals surface area contributed by atoms with Crippen LogP contribution < -0.4 is 10.2 Å². The molecule has 0 aromatic heterocycles. The number of anilines is 3. The van der Waals surface area contributed by atoms with Crippen LogP contribution in [0.5, 0.6) is 0 Å². The lowest BCUT2D eigenvalue weighted by Crippen LogP contribution is -2.29. The van der Waals surface area contributed by atoms with Crippen molar-refractivity contribution < 1.29 is 4.92 Å². The Labute approximate surface area is 140 Å². The highest BCUT2D eigenvalue weighted by Crippen LogP contribution is 2.31. The van der Waals surface area contributed by atoms with Gasteiger partial charge in [-0.05, 0) is 55.7 Å². The molecule has 0 bridgehead atoms. The molecule has 1 heterocycles. The van der Waals surface area contributed by atoms with Crippen LogP contribution >= 0.6 is 11.6 Å². The van der Waals surface area contributed by atoms with Gasteiger partial charge in [0.05, 0.1) is 4.92 Å². The van der Waals surface area contributed by atoms with Crippen molar-refractivity contribution in [3.8, 4) is 0 Å². The van der Waals surface area contributed by atoms with E-state index in [0.29, 0.717) is 10.7 Å². The summed E-state index contributed by atoms with van der Waals surface area (Å²) in [6, 6.07) is 12.5. The van der Waals surface area contributed by atoms with Crippen molar-refractivity contribution >= 4 is 34.4 Å². The van der Waals surface area contributed by atoms with Crippen molar-refractivity contribution in [2.45, 2.75) is 19.3 Å². The smallest absolute Gasteiger partial charge is 0.292 e. The minimum atomic E-state index is -0.416. The lowest BCUT2D eigenvalue weighted by molar-refractivity contribution is -0.383. The molecule has 3 rings (SSSR count). The molecule has 2 aromatic rings. The van der Waals surface area contributed by atoms with Crippen molar-refractivity contribution in [2.24, 2.45) is 0 Å². The first kappa shape index (κ1) is 15.6. The van der Waals surface area contributed by atoms with Crippen LogP contribution in [-0.2, 0) is 0 Å². The fourth-order valence-electron chi connectivity index (χ4n) is 2.83. The number of piperidine rings is 1. The quantitative estimate of drug-likeness (QED) is 0.634. The van der Waals surface area contributed by atoms with Gasteiger partial charge in [-0.25, -0.2) is 0 Å². The predicted molar refractivity (Wildman–Crippen MR) is 93.9 cm³/mol. The number of nitrogens with one attached hydrogen (secondary N) is 1. The molecule has 0 radical (unpaired) electrons. The van der Waals surface area contributed by atoms with Crippen LogP contribution in [0.4, 0.5) is 22.7 Å². The van der Waals surface area contributed by atoms with Gasteiger partial charge in [0.1, 0.15) is 5.69 Å². The molecule has 1 aliphatic heterocycles. The molecule has 1 N–H and O–H groups in total. The number of nitrogens with zero attached hydrogens (tertiary/aromatic N) is 2. The van der Waals surface area contributed by atoms with E-state index >= 15 is 0 Å². The Morgan fingerprint density at radius 3 is 2.39 bits per heavy atom. The number of rotatable bonds is 4. The summed E-state index contributed by atoms with van der Waals surface area (Å²) in [5.74, 6) is 0. The predicted octanol–water partition coefficient (Wildman–Crippen LogP) is 4.98. The van der Waals surface area contributed by atoms with Gasteiger partial charge in [0.25, 0.3) is 5.69 Å². The van der Waals surface area contributed by atoms with Crippen LogP contribution in [0, 0.1) is 10.1 Å². The monoisotopic (exact) mass is 331 g/mol. The van der Waals surface area contributed by atoms with E-state index in [-0.39, 0.29) is 5.69 Å². The first-order valence-corrected chi connectivity index (χ1v) is 8.07. The second kappa shape index (κ2) is 6.87. The minimum Gasteiger partial charge on any atom is -0.372 e. The normalized spacial score (nSPS) is 14.6. The van der Waals surface area contributed by atoms with Gasteiger partial charge < -0.3 is 10.2 Å². The Bertz CT molecular complexity index is 697. The molecule has 1 fully saturated rings. The van der Waals surface area contributed by atoms with Crippen LogP contribution in [0.3, 0.4) is 0 Å². The van der Waals surface area contributed by atoms with Gasteiger partial charge in [0.15, 0.2) is 0 Å². The van der Waals surface area contributed by atoms with E-state index in [4.69, 9.17) is 11.6 Å². The van der Waals surface area contributed by atoms with Crippen molar-refractivity contribution in [1.82, 2.24) is 0 Å². The van der Waals surface area contributed by atoms with Crippen molar-refractivity contribution in [2.75, 3.05) is 23.3 Å². The molecule has 120 valence electrons. The fraction of sp³-hybridized carbons (Fsp3) is 0.294. The Morgan fingerprint density at radius 1 is 1.04 bits per heavy atom. The number of benzene rings is 2. The third-order valence-corrected chi connectivity index (χ3v) is 4.26. The lowest BCUT2D eigenvalue weighted by atomic mass is 10.1. The van der Waals surface area contributed by atoms with E-state index < -0.39 is 4.92 Å². The van der Waals surface area contributed by atoms with Gasteiger partial charge in [-0.2, -0.15) is 0 Å². The summed E-state index contributed by atoms with van der Waals surface area (Å²) in [5, 5.41) is 14.6. The first-order valence-electron chi connectivity index (χ1n) is 7.69. The summed E-state index contributed by atoms with van der Waals surface area (Å²) in [6.07, 6.45) is 3.76. The highest BCUT2D eigenvalue weighted by molar-refractivity contribution is 6.31. The summed E-state index contributed by atoms with van der Waals surface area (Å²) >= 11 is 5.95. The standard InChI is InChI=1S/C17H18ClN3O2/c18-13-4-9-17(21(22)23)16(12-13)19-14-5-7-15(8-6-14)20-10-2-1-3-11-20/h4-9,12,19H,1-3,10-11H2. The summed E-state index contributed by atoms with van der Waals surface area (Å²) in [6.45, 7) is 2.18. The summed E-state index contributed by atoms with van der Waals surface area (Å²) in [7, 11) is 0. The molecule has 2 aromatic carbocycles. The van der Waals surface area contributed by atoms with Gasteiger partial charge in [-0.3, -0.25) is 10.1 Å². The molecule has 6 heteroatoms. The molecule has 1 aliphatic rings. The van der Waals surface area contributed by atoms with Crippen LogP contribution in [-0.4, -0.2) is 18.0 Å². The number of halogens is 1. The average Bonchev–Trinajstić information content (AvgIpc) is 2.56. The molecule has 0 amide bonds. The zero-order chi connectivity index (χ0) is 16.2. The van der Waals surface area contributed by atoms with Crippen LogP contribution in [0.25, 0.3) is 0 Å². The number of nitro benzene ring substituents is 1. The van der Waals surface area contributed by atoms with Gasteiger partial charge in [-0.1, -0.05) is 11.6 Å². The number of hydrogen-bond acceptors (Lipinski definition) is 4. The van der Waals surface area contributed by atoms with Gasteiger partial charge in [0, 0.05) is 35.6 Å². The molecule has 0 atom stereocenters. The van der Waals surface area contributed by atoms with Crippen molar-refractivity contribution in [3.63, 3.8) is 0 Å². The molecule has 1 saturated heterocycles. The molecular weight excluding hydrogens is 314 g/mol. The van der Waals surface area contributed by atoms with E-state index in [1.54, 1.807) is 6.07 Å². The summed E-state index contributed by atoms with van der Waals surface area (Å²) in [5.41, 5.74) is 2.40. The van der Waals surface area contributed by atoms with Gasteiger partial charge >= 0.3 is 0 Å². The summed E-state index contributed by atoms with van der Waals surface area (Å²) in [4.78, 5) is 13.1. The van der Waals surface area contributed by atoms with E-state index in [1.807, 2.05) is 24.3 Å². The fourth-order valence-corrected chi connectivity index (χ4v) is 3.00. The third kappa shape index (κ3) is 3.74. The van der Waals surface area contributed by atoms with Crippen LogP contribution in [0.2, 0.25) is 5.02 Å². The average molecular weight is 332 g/mol. The Morgan fingerprint density at radius 2 is 1.74 bits per heavy atom. The highest BCUT2D eigenvalue weighted by Gasteiger charge is 2.15. The van der Waals surface area contributed by atoms with E-state index in [0.717, 1.165) is 18.8 Å². The maximum atomic E-state index is 11.1. The number of hydrogen-bond donors (Lipinski definition) is 1. The second-order valence-corrected chi connectivity index (χ2v) is 6.07. The van der Waals surface area contributed by atoms with Crippen molar-refractivity contribution in [3.05, 3.63) is 57.6 Å². The van der Waals surface area contributed by atoms with Gasteiger partial charge in [0.2, 0.25) is 0 Å². The Balaban J connectivity index is 1.78. The molecule has 0 spiro atoms. The maximum absolute atomic E-state index is 11.1. The second-order valence-electron chi connectivity index (χ2n) is 5.64. The van der Waals surface area contributed by atoms with E-state index in [1.165, 1.54) is 37.1 Å². The van der Waals surface area contributed by atoms with Crippen LogP contribution in [0.15, 0.2) is 42.5 Å². The SMILES string of the molecule is O=[N+]([O-])c1ccc(Cl)cc1Nc1ccc(N2CCCCC2)cc1. The molecule has 0 aliphatic carbocycles. The van der Waals surface area contributed by atoms with Crippen LogP contribution in [0.1, 0.15) is 19.3 Å².